The van der Waals surface area contributed by atoms with Crippen molar-refractivity contribution in [2.75, 3.05) is 18.0 Å². The smallest absolute Gasteiger partial charge is 0.349 e. The highest BCUT2D eigenvalue weighted by Crippen LogP contribution is 2.38. The Kier molecular flexibility index (Phi) is 9.27. The molecule has 4 heterocycles. The summed E-state index contributed by atoms with van der Waals surface area (Å²) in [5, 5.41) is 0.619. The molecule has 8 nitrogen and oxygen atoms in total. The third kappa shape index (κ3) is 5.63. The first-order valence-corrected chi connectivity index (χ1v) is 14.4. The van der Waals surface area contributed by atoms with Crippen molar-refractivity contribution in [3.05, 3.63) is 86.8 Å². The standard InChI is InChI=1S/C31H31Cl2FN6O2.CH4/c1-7-24(41)38-14-19(6)39(15-18(38)5)29-21-13-22(32)27(20-9-8-10-23(34)25(20)33)36-30(21)40(31(42)37-29)28-17(4)11-12-35-26(28)16(2)3;/h7-13,16,18-19H,1,14-15H2,2-6H3;1H4/t18-,19+;/m1./s1. The highest BCUT2D eigenvalue weighted by atomic mass is 35.5. The molecule has 1 amide bonds. The van der Waals surface area contributed by atoms with E-state index in [2.05, 4.69) is 16.5 Å². The Hall–Kier alpha value is -3.82. The summed E-state index contributed by atoms with van der Waals surface area (Å²) in [7, 11) is 0. The largest absolute Gasteiger partial charge is 0.355 e. The zero-order valence-electron chi connectivity index (χ0n) is 24.0. The quantitative estimate of drug-likeness (QED) is 0.223. The number of benzene rings is 1. The number of pyridine rings is 2. The molecule has 1 aliphatic rings. The number of carbonyl (C=O) groups is 1. The second kappa shape index (κ2) is 12.4. The van der Waals surface area contributed by atoms with Gasteiger partial charge in [0, 0.05) is 36.9 Å². The van der Waals surface area contributed by atoms with Crippen LogP contribution in [0.3, 0.4) is 0 Å². The van der Waals surface area contributed by atoms with Crippen LogP contribution < -0.4 is 10.6 Å². The van der Waals surface area contributed by atoms with E-state index in [4.69, 9.17) is 28.2 Å². The fourth-order valence-corrected chi connectivity index (χ4v) is 6.00. The number of piperazine rings is 1. The number of halogens is 3. The number of fused-ring (bicyclic) bond motifs is 1. The maximum absolute atomic E-state index is 14.5. The Bertz CT molecular complexity index is 1790. The van der Waals surface area contributed by atoms with Crippen molar-refractivity contribution in [1.82, 2.24) is 24.4 Å². The average molecular weight is 626 g/mol. The van der Waals surface area contributed by atoms with Gasteiger partial charge in [-0.1, -0.05) is 63.2 Å². The molecule has 0 N–H and O–H groups in total. The van der Waals surface area contributed by atoms with Gasteiger partial charge in [0.25, 0.3) is 0 Å². The molecule has 43 heavy (non-hydrogen) atoms. The molecule has 1 fully saturated rings. The van der Waals surface area contributed by atoms with Gasteiger partial charge in [0.2, 0.25) is 5.91 Å². The molecule has 3 aromatic heterocycles. The lowest BCUT2D eigenvalue weighted by atomic mass is 10.0. The van der Waals surface area contributed by atoms with Crippen molar-refractivity contribution in [1.29, 1.82) is 0 Å². The number of nitrogens with zero attached hydrogens (tertiary/aromatic N) is 6. The number of carbonyl (C=O) groups excluding carboxylic acids is 1. The lowest BCUT2D eigenvalue weighted by Gasteiger charge is -2.44. The summed E-state index contributed by atoms with van der Waals surface area (Å²) in [4.78, 5) is 44.3. The van der Waals surface area contributed by atoms with Crippen LogP contribution in [0.1, 0.15) is 52.3 Å². The summed E-state index contributed by atoms with van der Waals surface area (Å²) in [6.45, 7) is 14.2. The first kappa shape index (κ1) is 32.1. The van der Waals surface area contributed by atoms with Crippen molar-refractivity contribution < 1.29 is 9.18 Å². The van der Waals surface area contributed by atoms with Crippen LogP contribution in [0.25, 0.3) is 28.0 Å². The highest BCUT2D eigenvalue weighted by molar-refractivity contribution is 6.36. The van der Waals surface area contributed by atoms with Crippen molar-refractivity contribution in [3.63, 3.8) is 0 Å². The molecule has 1 aliphatic heterocycles. The molecule has 0 spiro atoms. The van der Waals surface area contributed by atoms with E-state index in [0.29, 0.717) is 41.2 Å². The minimum absolute atomic E-state index is 0. The normalized spacial score (nSPS) is 16.9. The summed E-state index contributed by atoms with van der Waals surface area (Å²) >= 11 is 13.2. The van der Waals surface area contributed by atoms with Crippen LogP contribution in [0.5, 0.6) is 0 Å². The van der Waals surface area contributed by atoms with Crippen molar-refractivity contribution in [3.8, 4) is 16.9 Å². The van der Waals surface area contributed by atoms with Gasteiger partial charge in [0.05, 0.1) is 32.5 Å². The molecule has 226 valence electrons. The van der Waals surface area contributed by atoms with Crippen LogP contribution >= 0.6 is 23.2 Å². The molecule has 0 saturated carbocycles. The molecular weight excluding hydrogens is 590 g/mol. The van der Waals surface area contributed by atoms with E-state index < -0.39 is 11.5 Å². The maximum Gasteiger partial charge on any atom is 0.355 e. The molecule has 0 bridgehead atoms. The van der Waals surface area contributed by atoms with E-state index in [9.17, 15) is 14.0 Å². The predicted octanol–water partition coefficient (Wildman–Crippen LogP) is 6.97. The number of aryl methyl sites for hydroxylation is 1. The molecule has 0 unspecified atom stereocenters. The van der Waals surface area contributed by atoms with E-state index in [1.165, 1.54) is 22.8 Å². The van der Waals surface area contributed by atoms with Crippen molar-refractivity contribution in [2.45, 2.75) is 60.0 Å². The lowest BCUT2D eigenvalue weighted by molar-refractivity contribution is -0.128. The Balaban J connectivity index is 0.00000423. The third-order valence-electron chi connectivity index (χ3n) is 7.65. The van der Waals surface area contributed by atoms with E-state index in [0.717, 1.165) is 5.56 Å². The zero-order valence-corrected chi connectivity index (χ0v) is 25.5. The monoisotopic (exact) mass is 624 g/mol. The highest BCUT2D eigenvalue weighted by Gasteiger charge is 2.34. The van der Waals surface area contributed by atoms with Gasteiger partial charge in [-0.3, -0.25) is 9.78 Å². The summed E-state index contributed by atoms with van der Waals surface area (Å²) in [6, 6.07) is 7.58. The zero-order chi connectivity index (χ0) is 30.5. The number of anilines is 1. The number of aromatic nitrogens is 4. The Morgan fingerprint density at radius 2 is 1.86 bits per heavy atom. The van der Waals surface area contributed by atoms with Crippen LogP contribution in [0.2, 0.25) is 10.0 Å². The van der Waals surface area contributed by atoms with E-state index in [1.807, 2.05) is 45.6 Å². The van der Waals surface area contributed by atoms with Gasteiger partial charge < -0.3 is 9.80 Å². The summed E-state index contributed by atoms with van der Waals surface area (Å²) in [5.74, 6) is -0.380. The van der Waals surface area contributed by atoms with Crippen molar-refractivity contribution >= 4 is 46.0 Å². The van der Waals surface area contributed by atoms with Crippen molar-refractivity contribution in [2.24, 2.45) is 0 Å². The number of hydrogen-bond donors (Lipinski definition) is 0. The van der Waals surface area contributed by atoms with E-state index in [-0.39, 0.29) is 52.7 Å². The van der Waals surface area contributed by atoms with Gasteiger partial charge in [0.15, 0.2) is 5.65 Å². The number of rotatable bonds is 5. The molecule has 1 aromatic carbocycles. The molecule has 11 heteroatoms. The molecule has 4 aromatic rings. The minimum atomic E-state index is -0.611. The molecular formula is C32H35Cl2FN6O2. The van der Waals surface area contributed by atoms with Gasteiger partial charge in [0.1, 0.15) is 11.6 Å². The number of amides is 1. The van der Waals surface area contributed by atoms with Gasteiger partial charge >= 0.3 is 5.69 Å². The van der Waals surface area contributed by atoms with Gasteiger partial charge in [-0.15, -0.1) is 0 Å². The fourth-order valence-electron chi connectivity index (χ4n) is 5.53. The van der Waals surface area contributed by atoms with Crippen LogP contribution in [0.15, 0.2) is 54.0 Å². The van der Waals surface area contributed by atoms with E-state index >= 15 is 0 Å². The third-order valence-corrected chi connectivity index (χ3v) is 8.32. The summed E-state index contributed by atoms with van der Waals surface area (Å²) in [6.07, 6.45) is 3.01. The first-order chi connectivity index (χ1) is 19.9. The number of hydrogen-bond acceptors (Lipinski definition) is 6. The van der Waals surface area contributed by atoms with Crippen LogP contribution in [0.4, 0.5) is 10.2 Å². The molecule has 1 saturated heterocycles. The molecule has 2 atom stereocenters. The average Bonchev–Trinajstić information content (AvgIpc) is 2.95. The lowest BCUT2D eigenvalue weighted by Crippen LogP contribution is -2.58. The van der Waals surface area contributed by atoms with Gasteiger partial charge in [-0.2, -0.15) is 4.98 Å². The van der Waals surface area contributed by atoms with Crippen LogP contribution in [0, 0.1) is 12.7 Å². The molecule has 5 rings (SSSR count). The Morgan fingerprint density at radius 3 is 2.53 bits per heavy atom. The van der Waals surface area contributed by atoms with Crippen LogP contribution in [-0.4, -0.2) is 55.5 Å². The first-order valence-electron chi connectivity index (χ1n) is 13.7. The topological polar surface area (TPSA) is 84.2 Å². The van der Waals surface area contributed by atoms with Crippen LogP contribution in [-0.2, 0) is 4.79 Å². The molecule has 0 radical (unpaired) electrons. The summed E-state index contributed by atoms with van der Waals surface area (Å²) in [5.41, 5.74) is 2.36. The van der Waals surface area contributed by atoms with E-state index in [1.54, 1.807) is 23.2 Å². The van der Waals surface area contributed by atoms with Gasteiger partial charge in [-0.05, 0) is 56.5 Å². The SMILES string of the molecule is C.C=CC(=O)N1C[C@H](C)N(c2nc(=O)n(-c3c(C)ccnc3C(C)C)c3nc(-c4cccc(F)c4Cl)c(Cl)cc23)C[C@H]1C. The molecule has 0 aliphatic carbocycles. The summed E-state index contributed by atoms with van der Waals surface area (Å²) < 4.78 is 16.0. The fraction of sp³-hybridized carbons (Fsp3) is 0.344. The maximum atomic E-state index is 14.5. The predicted molar refractivity (Wildman–Crippen MR) is 172 cm³/mol. The Morgan fingerprint density at radius 1 is 1.14 bits per heavy atom. The second-order valence-electron chi connectivity index (χ2n) is 10.9. The second-order valence-corrected chi connectivity index (χ2v) is 11.7. The minimum Gasteiger partial charge on any atom is -0.349 e. The van der Waals surface area contributed by atoms with Gasteiger partial charge in [-0.25, -0.2) is 18.7 Å². The Labute approximate surface area is 260 Å².